The summed E-state index contributed by atoms with van der Waals surface area (Å²) in [6.45, 7) is 1.11. The molecule has 132 valence electrons. The molecule has 0 radical (unpaired) electrons. The van der Waals surface area contributed by atoms with Crippen LogP contribution >= 0.6 is 0 Å². The van der Waals surface area contributed by atoms with Crippen LogP contribution < -0.4 is 9.47 Å². The number of benzene rings is 1. The summed E-state index contributed by atoms with van der Waals surface area (Å²) in [5.41, 5.74) is 0. The lowest BCUT2D eigenvalue weighted by Gasteiger charge is -2.26. The van der Waals surface area contributed by atoms with E-state index in [2.05, 4.69) is 0 Å². The number of amides is 1. The molecule has 1 aromatic rings. The van der Waals surface area contributed by atoms with Gasteiger partial charge in [0.25, 0.3) is 5.91 Å². The molecule has 0 aromatic heterocycles. The molecule has 1 amide bonds. The molecule has 0 spiro atoms. The van der Waals surface area contributed by atoms with E-state index < -0.39 is 16.1 Å². The molecular formula is C15H20N2O6S. The van der Waals surface area contributed by atoms with E-state index in [1.165, 1.54) is 30.6 Å². The first-order valence-electron chi connectivity index (χ1n) is 7.68. The van der Waals surface area contributed by atoms with Gasteiger partial charge in [-0.15, -0.1) is 0 Å². The summed E-state index contributed by atoms with van der Waals surface area (Å²) >= 11 is 0. The van der Waals surface area contributed by atoms with E-state index in [1.54, 1.807) is 6.07 Å². The van der Waals surface area contributed by atoms with Gasteiger partial charge in [0.2, 0.25) is 10.0 Å². The van der Waals surface area contributed by atoms with Crippen molar-refractivity contribution in [2.24, 2.45) is 0 Å². The van der Waals surface area contributed by atoms with Gasteiger partial charge < -0.3 is 9.47 Å². The highest BCUT2D eigenvalue weighted by atomic mass is 32.2. The lowest BCUT2D eigenvalue weighted by molar-refractivity contribution is -0.172. The number of fused-ring (bicyclic) bond motifs is 1. The Balaban J connectivity index is 1.90. The maximum absolute atomic E-state index is 13.0. The van der Waals surface area contributed by atoms with Crippen LogP contribution in [0.15, 0.2) is 23.1 Å². The first-order valence-corrected chi connectivity index (χ1v) is 9.12. The van der Waals surface area contributed by atoms with Crippen molar-refractivity contribution in [3.63, 3.8) is 0 Å². The summed E-state index contributed by atoms with van der Waals surface area (Å²) in [5, 5.41) is 1.06. The Labute approximate surface area is 140 Å². The molecule has 1 saturated heterocycles. The highest BCUT2D eigenvalue weighted by molar-refractivity contribution is 7.89. The standard InChI is InChI=1S/C15H20N2O6S/c1-16(21-2)15(18)12-4-3-7-17(12)24(19,20)11-5-6-13-14(10-11)23-9-8-22-13/h5-6,10,12H,3-4,7-9H2,1-2H3. The minimum atomic E-state index is -3.81. The third kappa shape index (κ3) is 2.94. The quantitative estimate of drug-likeness (QED) is 0.736. The SMILES string of the molecule is CON(C)C(=O)C1CCCN1S(=O)(=O)c1ccc2c(c1)OCCO2. The van der Waals surface area contributed by atoms with E-state index in [4.69, 9.17) is 14.3 Å². The fourth-order valence-corrected chi connectivity index (χ4v) is 4.56. The maximum Gasteiger partial charge on any atom is 0.264 e. The van der Waals surface area contributed by atoms with Crippen LogP contribution in [0.4, 0.5) is 0 Å². The zero-order valence-corrected chi connectivity index (χ0v) is 14.4. The Bertz CT molecular complexity index is 735. The van der Waals surface area contributed by atoms with E-state index in [9.17, 15) is 13.2 Å². The number of hydrogen-bond acceptors (Lipinski definition) is 6. The van der Waals surface area contributed by atoms with Crippen LogP contribution in [-0.4, -0.2) is 63.7 Å². The largest absolute Gasteiger partial charge is 0.486 e. The number of hydrogen-bond donors (Lipinski definition) is 0. The van der Waals surface area contributed by atoms with Crippen molar-refractivity contribution in [1.29, 1.82) is 0 Å². The molecule has 0 N–H and O–H groups in total. The zero-order chi connectivity index (χ0) is 17.3. The van der Waals surface area contributed by atoms with Crippen molar-refractivity contribution >= 4 is 15.9 Å². The van der Waals surface area contributed by atoms with E-state index in [1.807, 2.05) is 0 Å². The van der Waals surface area contributed by atoms with Crippen molar-refractivity contribution in [3.8, 4) is 11.5 Å². The fraction of sp³-hybridized carbons (Fsp3) is 0.533. The first kappa shape index (κ1) is 17.0. The highest BCUT2D eigenvalue weighted by Crippen LogP contribution is 2.35. The summed E-state index contributed by atoms with van der Waals surface area (Å²) in [6.07, 6.45) is 1.09. The molecule has 1 atom stereocenters. The number of carbonyl (C=O) groups is 1. The highest BCUT2D eigenvalue weighted by Gasteiger charge is 2.41. The predicted octanol–water partition coefficient (Wildman–Crippen LogP) is 0.631. The minimum absolute atomic E-state index is 0.0894. The van der Waals surface area contributed by atoms with Gasteiger partial charge in [-0.2, -0.15) is 4.31 Å². The summed E-state index contributed by atoms with van der Waals surface area (Å²) in [6, 6.07) is 3.75. The predicted molar refractivity (Wildman–Crippen MR) is 84.1 cm³/mol. The van der Waals surface area contributed by atoms with Crippen molar-refractivity contribution in [2.75, 3.05) is 33.9 Å². The molecule has 24 heavy (non-hydrogen) atoms. The Morgan fingerprint density at radius 3 is 2.71 bits per heavy atom. The Hall–Kier alpha value is -1.84. The van der Waals surface area contributed by atoms with Crippen LogP contribution in [0.2, 0.25) is 0 Å². The van der Waals surface area contributed by atoms with Crippen LogP contribution in [0.5, 0.6) is 11.5 Å². The van der Waals surface area contributed by atoms with Crippen molar-refractivity contribution in [1.82, 2.24) is 9.37 Å². The van der Waals surface area contributed by atoms with E-state index in [-0.39, 0.29) is 10.8 Å². The molecule has 0 aliphatic carbocycles. The normalized spacial score (nSPS) is 20.8. The number of hydroxylamine groups is 2. The van der Waals surface area contributed by atoms with Gasteiger partial charge in [-0.1, -0.05) is 0 Å². The summed E-state index contributed by atoms with van der Waals surface area (Å²) in [4.78, 5) is 17.3. The molecule has 3 rings (SSSR count). The van der Waals surface area contributed by atoms with Gasteiger partial charge in [-0.25, -0.2) is 13.5 Å². The average molecular weight is 356 g/mol. The Morgan fingerprint density at radius 1 is 1.29 bits per heavy atom. The monoisotopic (exact) mass is 356 g/mol. The van der Waals surface area contributed by atoms with Crippen LogP contribution in [0.3, 0.4) is 0 Å². The lowest BCUT2D eigenvalue weighted by atomic mass is 10.2. The van der Waals surface area contributed by atoms with Gasteiger partial charge in [-0.05, 0) is 25.0 Å². The summed E-state index contributed by atoms with van der Waals surface area (Å²) in [7, 11) is -0.978. The third-order valence-corrected chi connectivity index (χ3v) is 6.10. The second-order valence-corrected chi connectivity index (χ2v) is 7.49. The van der Waals surface area contributed by atoms with Crippen LogP contribution in [0, 0.1) is 0 Å². The second-order valence-electron chi connectivity index (χ2n) is 5.60. The number of sulfonamides is 1. The lowest BCUT2D eigenvalue weighted by Crippen LogP contribution is -2.46. The van der Waals surface area contributed by atoms with Gasteiger partial charge in [0.1, 0.15) is 19.3 Å². The molecule has 8 nitrogen and oxygen atoms in total. The molecule has 1 unspecified atom stereocenters. The smallest absolute Gasteiger partial charge is 0.264 e. The molecule has 2 aliphatic heterocycles. The van der Waals surface area contributed by atoms with E-state index in [0.29, 0.717) is 44.1 Å². The maximum atomic E-state index is 13.0. The molecule has 2 aliphatic rings. The second kappa shape index (κ2) is 6.58. The van der Waals surface area contributed by atoms with Crippen LogP contribution in [0.25, 0.3) is 0 Å². The van der Waals surface area contributed by atoms with Gasteiger partial charge in [0.05, 0.1) is 12.0 Å². The minimum Gasteiger partial charge on any atom is -0.486 e. The van der Waals surface area contributed by atoms with Crippen LogP contribution in [0.1, 0.15) is 12.8 Å². The fourth-order valence-electron chi connectivity index (χ4n) is 2.89. The molecule has 1 fully saturated rings. The zero-order valence-electron chi connectivity index (χ0n) is 13.6. The molecule has 9 heteroatoms. The molecule has 1 aromatic carbocycles. The van der Waals surface area contributed by atoms with E-state index in [0.717, 1.165) is 5.06 Å². The number of ether oxygens (including phenoxy) is 2. The van der Waals surface area contributed by atoms with Gasteiger partial charge in [-0.3, -0.25) is 9.63 Å². The molecular weight excluding hydrogens is 336 g/mol. The van der Waals surface area contributed by atoms with Crippen molar-refractivity contribution < 1.29 is 27.5 Å². The molecule has 2 heterocycles. The molecule has 0 bridgehead atoms. The number of carbonyl (C=O) groups excluding carboxylic acids is 1. The first-order chi connectivity index (χ1) is 11.4. The van der Waals surface area contributed by atoms with Crippen LogP contribution in [-0.2, 0) is 19.7 Å². The number of likely N-dealkylation sites (N-methyl/N-ethyl adjacent to an activating group) is 1. The van der Waals surface area contributed by atoms with Gasteiger partial charge in [0, 0.05) is 19.7 Å². The van der Waals surface area contributed by atoms with Gasteiger partial charge >= 0.3 is 0 Å². The summed E-state index contributed by atoms with van der Waals surface area (Å²) < 4.78 is 38.0. The third-order valence-electron chi connectivity index (χ3n) is 4.19. The topological polar surface area (TPSA) is 85.4 Å². The Kier molecular flexibility index (Phi) is 4.66. The van der Waals surface area contributed by atoms with Crippen molar-refractivity contribution in [2.45, 2.75) is 23.8 Å². The summed E-state index contributed by atoms with van der Waals surface area (Å²) in [5.74, 6) is 0.544. The van der Waals surface area contributed by atoms with Gasteiger partial charge in [0.15, 0.2) is 11.5 Å². The number of nitrogens with zero attached hydrogens (tertiary/aromatic N) is 2. The number of rotatable bonds is 4. The Morgan fingerprint density at radius 2 is 2.00 bits per heavy atom. The average Bonchev–Trinajstić information content (AvgIpc) is 3.10. The van der Waals surface area contributed by atoms with Crippen molar-refractivity contribution in [3.05, 3.63) is 18.2 Å². The molecule has 0 saturated carbocycles. The van der Waals surface area contributed by atoms with E-state index >= 15 is 0 Å².